The molecular weight excluding hydrogens is 461 g/mol. The number of hydrogen-bond donors (Lipinski definition) is 0. The zero-order valence-corrected chi connectivity index (χ0v) is 18.3. The molecule has 0 atom stereocenters. The summed E-state index contributed by atoms with van der Waals surface area (Å²) in [6.45, 7) is 0.258. The fourth-order valence-corrected chi connectivity index (χ4v) is 5.24. The Labute approximate surface area is 185 Å². The van der Waals surface area contributed by atoms with Crippen LogP contribution in [0.25, 0.3) is 0 Å². The van der Waals surface area contributed by atoms with Gasteiger partial charge in [-0.05, 0) is 31.0 Å². The second kappa shape index (κ2) is 8.63. The van der Waals surface area contributed by atoms with Gasteiger partial charge in [0.1, 0.15) is 16.7 Å². The first-order valence-corrected chi connectivity index (χ1v) is 11.4. The average molecular weight is 475 g/mol. The summed E-state index contributed by atoms with van der Waals surface area (Å²) in [6.07, 6.45) is 2.12. The van der Waals surface area contributed by atoms with E-state index in [2.05, 4.69) is 14.8 Å². The van der Waals surface area contributed by atoms with E-state index in [4.69, 9.17) is 39.5 Å². The molecule has 0 aliphatic heterocycles. The normalized spacial score (nSPS) is 13.7. The summed E-state index contributed by atoms with van der Waals surface area (Å²) in [5, 5.41) is 9.77. The number of benzene rings is 1. The van der Waals surface area contributed by atoms with Crippen LogP contribution in [0.3, 0.4) is 0 Å². The van der Waals surface area contributed by atoms with Crippen molar-refractivity contribution in [1.82, 2.24) is 14.8 Å². The molecule has 2 heterocycles. The summed E-state index contributed by atoms with van der Waals surface area (Å²) in [7, 11) is 0. The first kappa shape index (κ1) is 20.0. The van der Waals surface area contributed by atoms with E-state index in [-0.39, 0.29) is 18.1 Å². The molecule has 0 N–H and O–H groups in total. The fourth-order valence-electron chi connectivity index (χ4n) is 2.65. The van der Waals surface area contributed by atoms with Gasteiger partial charge >= 0.3 is 0 Å². The number of aromatic nitrogens is 3. The number of nitrogens with zero attached hydrogens (tertiary/aromatic N) is 3. The number of carbonyl (C=O) groups is 1. The average Bonchev–Trinajstić information content (AvgIpc) is 3.34. The summed E-state index contributed by atoms with van der Waals surface area (Å²) in [5.41, 5.74) is 0.448. The molecule has 3 aromatic rings. The molecule has 0 unspecified atom stereocenters. The Morgan fingerprint density at radius 1 is 1.25 bits per heavy atom. The summed E-state index contributed by atoms with van der Waals surface area (Å²) < 4.78 is 8.77. The van der Waals surface area contributed by atoms with E-state index < -0.39 is 0 Å². The van der Waals surface area contributed by atoms with Crippen LogP contribution in [0, 0.1) is 0 Å². The Bertz CT molecular complexity index is 1020. The Morgan fingerprint density at radius 2 is 2.04 bits per heavy atom. The maximum atomic E-state index is 12.4. The van der Waals surface area contributed by atoms with Crippen LogP contribution in [0.4, 0.5) is 0 Å². The van der Waals surface area contributed by atoms with E-state index in [1.807, 2.05) is 18.2 Å². The van der Waals surface area contributed by atoms with Crippen LogP contribution in [-0.2, 0) is 6.61 Å². The van der Waals surface area contributed by atoms with Crippen molar-refractivity contribution in [2.24, 2.45) is 0 Å². The number of para-hydroxylation sites is 1. The fraction of sp³-hybridized carbons (Fsp3) is 0.278. The third-order valence-corrected chi connectivity index (χ3v) is 6.87. The number of thioether (sulfide) groups is 1. The molecule has 0 radical (unpaired) electrons. The van der Waals surface area contributed by atoms with Gasteiger partial charge in [0.25, 0.3) is 0 Å². The van der Waals surface area contributed by atoms with Crippen molar-refractivity contribution in [2.45, 2.75) is 30.6 Å². The smallest absolute Gasteiger partial charge is 0.192 e. The number of ether oxygens (including phenoxy) is 1. The van der Waals surface area contributed by atoms with Crippen LogP contribution >= 0.6 is 57.9 Å². The number of ketones is 1. The van der Waals surface area contributed by atoms with E-state index in [0.29, 0.717) is 42.0 Å². The second-order valence-electron chi connectivity index (χ2n) is 6.17. The maximum absolute atomic E-state index is 12.4. The molecule has 4 rings (SSSR count). The summed E-state index contributed by atoms with van der Waals surface area (Å²) in [5.74, 6) is 1.44. The van der Waals surface area contributed by atoms with Crippen molar-refractivity contribution in [3.8, 4) is 5.75 Å². The van der Waals surface area contributed by atoms with Gasteiger partial charge in [0.15, 0.2) is 16.8 Å². The topological polar surface area (TPSA) is 57.0 Å². The first-order valence-electron chi connectivity index (χ1n) is 8.45. The molecule has 1 aliphatic carbocycles. The number of halogens is 3. The molecule has 0 saturated heterocycles. The van der Waals surface area contributed by atoms with E-state index in [9.17, 15) is 4.79 Å². The minimum Gasteiger partial charge on any atom is -0.484 e. The Kier molecular flexibility index (Phi) is 6.18. The van der Waals surface area contributed by atoms with Crippen molar-refractivity contribution < 1.29 is 9.53 Å². The molecule has 0 amide bonds. The van der Waals surface area contributed by atoms with Gasteiger partial charge in [-0.15, -0.1) is 21.5 Å². The predicted molar refractivity (Wildman–Crippen MR) is 113 cm³/mol. The third kappa shape index (κ3) is 4.49. The van der Waals surface area contributed by atoms with Crippen molar-refractivity contribution in [3.05, 3.63) is 55.4 Å². The van der Waals surface area contributed by atoms with Gasteiger partial charge in [-0.25, -0.2) is 0 Å². The molecule has 1 saturated carbocycles. The summed E-state index contributed by atoms with van der Waals surface area (Å²) >= 11 is 20.7. The molecular formula is C18H14Cl3N3O2S2. The lowest BCUT2D eigenvalue weighted by molar-refractivity contribution is 0.102. The predicted octanol–water partition coefficient (Wildman–Crippen LogP) is 6.19. The highest BCUT2D eigenvalue weighted by atomic mass is 35.5. The molecule has 1 fully saturated rings. The molecule has 146 valence electrons. The van der Waals surface area contributed by atoms with Gasteiger partial charge in [-0.3, -0.25) is 9.36 Å². The van der Waals surface area contributed by atoms with Crippen molar-refractivity contribution in [1.29, 1.82) is 0 Å². The Morgan fingerprint density at radius 3 is 2.71 bits per heavy atom. The van der Waals surface area contributed by atoms with Crippen LogP contribution in [0.2, 0.25) is 13.7 Å². The highest BCUT2D eigenvalue weighted by molar-refractivity contribution is 7.99. The second-order valence-corrected chi connectivity index (χ2v) is 9.80. The largest absolute Gasteiger partial charge is 0.484 e. The van der Waals surface area contributed by atoms with Gasteiger partial charge in [0.05, 0.1) is 15.1 Å². The number of carbonyl (C=O) groups excluding carboxylic acids is 1. The minimum absolute atomic E-state index is 0.0858. The molecule has 1 aliphatic rings. The molecule has 5 nitrogen and oxygen atoms in total. The lowest BCUT2D eigenvalue weighted by Gasteiger charge is -2.10. The highest BCUT2D eigenvalue weighted by Gasteiger charge is 2.30. The summed E-state index contributed by atoms with van der Waals surface area (Å²) in [4.78, 5) is 12.4. The molecule has 0 spiro atoms. The minimum atomic E-state index is -0.0858. The lowest BCUT2D eigenvalue weighted by atomic mass is 10.2. The standard InChI is InChI=1S/C18H14Cl3N3O2S2/c19-12-3-1-2-4-14(12)26-8-16-22-23-18(24(16)10-5-6-10)27-9-13(25)11-7-15(20)28-17(11)21/h1-4,7,10H,5-6,8-9H2. The van der Waals surface area contributed by atoms with Gasteiger partial charge in [0, 0.05) is 11.6 Å². The Balaban J connectivity index is 1.45. The van der Waals surface area contributed by atoms with Crippen molar-refractivity contribution in [2.75, 3.05) is 5.75 Å². The van der Waals surface area contributed by atoms with E-state index in [1.54, 1.807) is 12.1 Å². The van der Waals surface area contributed by atoms with Crippen LogP contribution in [0.5, 0.6) is 5.75 Å². The van der Waals surface area contributed by atoms with Crippen LogP contribution < -0.4 is 4.74 Å². The van der Waals surface area contributed by atoms with Crippen LogP contribution in [0.1, 0.15) is 35.1 Å². The maximum Gasteiger partial charge on any atom is 0.192 e. The van der Waals surface area contributed by atoms with E-state index >= 15 is 0 Å². The number of Topliss-reactive ketones (excluding diaryl/α,β-unsaturated/α-hetero) is 1. The van der Waals surface area contributed by atoms with Crippen LogP contribution in [0.15, 0.2) is 35.5 Å². The number of thiophene rings is 1. The quantitative estimate of drug-likeness (QED) is 0.288. The Hall–Kier alpha value is -1.25. The highest BCUT2D eigenvalue weighted by Crippen LogP contribution is 2.39. The molecule has 0 bridgehead atoms. The van der Waals surface area contributed by atoms with Gasteiger partial charge in [-0.1, -0.05) is 58.7 Å². The van der Waals surface area contributed by atoms with E-state index in [1.165, 1.54) is 23.1 Å². The SMILES string of the molecule is O=C(CSc1nnc(COc2ccccc2Cl)n1C1CC1)c1cc(Cl)sc1Cl. The van der Waals surface area contributed by atoms with Gasteiger partial charge in [-0.2, -0.15) is 0 Å². The number of rotatable bonds is 8. The lowest BCUT2D eigenvalue weighted by Crippen LogP contribution is -2.08. The van der Waals surface area contributed by atoms with Crippen molar-refractivity contribution in [3.63, 3.8) is 0 Å². The van der Waals surface area contributed by atoms with E-state index in [0.717, 1.165) is 12.8 Å². The third-order valence-electron chi connectivity index (χ3n) is 4.13. The zero-order valence-electron chi connectivity index (χ0n) is 14.4. The monoisotopic (exact) mass is 473 g/mol. The molecule has 28 heavy (non-hydrogen) atoms. The van der Waals surface area contributed by atoms with Crippen molar-refractivity contribution >= 4 is 63.7 Å². The van der Waals surface area contributed by atoms with Crippen LogP contribution in [-0.4, -0.2) is 26.3 Å². The molecule has 1 aromatic carbocycles. The summed E-state index contributed by atoms with van der Waals surface area (Å²) in [6, 6.07) is 9.24. The zero-order chi connectivity index (χ0) is 19.7. The number of hydrogen-bond acceptors (Lipinski definition) is 6. The van der Waals surface area contributed by atoms with Gasteiger partial charge in [0.2, 0.25) is 0 Å². The van der Waals surface area contributed by atoms with Gasteiger partial charge < -0.3 is 4.74 Å². The first-order chi connectivity index (χ1) is 13.5. The molecule has 10 heteroatoms. The molecule has 2 aromatic heterocycles.